The van der Waals surface area contributed by atoms with E-state index in [4.69, 9.17) is 0 Å². The zero-order valence-electron chi connectivity index (χ0n) is 11.8. The molecule has 5 heteroatoms. The van der Waals surface area contributed by atoms with Crippen molar-refractivity contribution in [2.24, 2.45) is 0 Å². The predicted octanol–water partition coefficient (Wildman–Crippen LogP) is 3.58. The second-order valence-corrected chi connectivity index (χ2v) is 5.87. The fourth-order valence-electron chi connectivity index (χ4n) is 2.20. The lowest BCUT2D eigenvalue weighted by molar-refractivity contribution is 0.531. The van der Waals surface area contributed by atoms with Gasteiger partial charge in [-0.1, -0.05) is 15.9 Å². The van der Waals surface area contributed by atoms with Gasteiger partial charge in [-0.15, -0.1) is 0 Å². The van der Waals surface area contributed by atoms with Gasteiger partial charge in [0.25, 0.3) is 0 Å². The molecule has 1 aromatic carbocycles. The van der Waals surface area contributed by atoms with Gasteiger partial charge in [-0.25, -0.2) is 4.39 Å². The zero-order chi connectivity index (χ0) is 14.5. The van der Waals surface area contributed by atoms with E-state index >= 15 is 0 Å². The number of nitrogens with one attached hydrogen (secondary N) is 1. The van der Waals surface area contributed by atoms with Crippen LogP contribution in [-0.4, -0.2) is 16.3 Å². The van der Waals surface area contributed by atoms with Crippen molar-refractivity contribution in [1.82, 2.24) is 15.1 Å². The molecule has 1 aromatic heterocycles. The highest BCUT2D eigenvalue weighted by Gasteiger charge is 2.01. The Kier molecular flexibility index (Phi) is 5.31. The summed E-state index contributed by atoms with van der Waals surface area (Å²) in [7, 11) is 0. The minimum atomic E-state index is -0.209. The minimum absolute atomic E-state index is 0.209. The van der Waals surface area contributed by atoms with Gasteiger partial charge in [-0.05, 0) is 56.6 Å². The molecule has 0 fully saturated rings. The van der Waals surface area contributed by atoms with Crippen LogP contribution in [0.3, 0.4) is 0 Å². The van der Waals surface area contributed by atoms with E-state index in [0.717, 1.165) is 35.2 Å². The van der Waals surface area contributed by atoms with Crippen molar-refractivity contribution in [1.29, 1.82) is 0 Å². The molecule has 0 aliphatic rings. The summed E-state index contributed by atoms with van der Waals surface area (Å²) in [6, 6.07) is 7.03. The highest BCUT2D eigenvalue weighted by Crippen LogP contribution is 2.14. The molecule has 0 unspecified atom stereocenters. The molecule has 108 valence electrons. The van der Waals surface area contributed by atoms with E-state index in [1.165, 1.54) is 11.8 Å². The minimum Gasteiger partial charge on any atom is -0.313 e. The van der Waals surface area contributed by atoms with Crippen LogP contribution in [0.25, 0.3) is 0 Å². The van der Waals surface area contributed by atoms with Gasteiger partial charge in [-0.2, -0.15) is 5.10 Å². The molecule has 1 heterocycles. The van der Waals surface area contributed by atoms with E-state index in [1.807, 2.05) is 17.7 Å². The quantitative estimate of drug-likeness (QED) is 0.815. The molecule has 1 N–H and O–H groups in total. The molecule has 20 heavy (non-hydrogen) atoms. The zero-order valence-corrected chi connectivity index (χ0v) is 13.4. The molecular weight excluding hydrogens is 321 g/mol. The maximum Gasteiger partial charge on any atom is 0.124 e. The van der Waals surface area contributed by atoms with E-state index in [2.05, 4.69) is 39.3 Å². The van der Waals surface area contributed by atoms with Gasteiger partial charge in [0, 0.05) is 23.3 Å². The number of aryl methyl sites for hydroxylation is 3. The molecule has 2 aromatic rings. The second-order valence-electron chi connectivity index (χ2n) is 4.96. The summed E-state index contributed by atoms with van der Waals surface area (Å²) < 4.78 is 16.0. The number of benzene rings is 1. The number of hydrogen-bond acceptors (Lipinski definition) is 2. The van der Waals surface area contributed by atoms with Crippen LogP contribution in [0.2, 0.25) is 0 Å². The van der Waals surface area contributed by atoms with E-state index < -0.39 is 0 Å². The Morgan fingerprint density at radius 1 is 1.25 bits per heavy atom. The lowest BCUT2D eigenvalue weighted by Crippen LogP contribution is -2.17. The Morgan fingerprint density at radius 2 is 2.05 bits per heavy atom. The van der Waals surface area contributed by atoms with Gasteiger partial charge in [0.05, 0.1) is 5.69 Å². The number of halogens is 2. The molecule has 0 aliphatic heterocycles. The lowest BCUT2D eigenvalue weighted by atomic mass is 10.2. The highest BCUT2D eigenvalue weighted by molar-refractivity contribution is 9.10. The highest BCUT2D eigenvalue weighted by atomic mass is 79.9. The Balaban J connectivity index is 1.72. The Morgan fingerprint density at radius 3 is 2.70 bits per heavy atom. The molecule has 0 saturated heterocycles. The molecular formula is C15H19BrFN3. The van der Waals surface area contributed by atoms with Gasteiger partial charge in [0.1, 0.15) is 5.82 Å². The predicted molar refractivity (Wildman–Crippen MR) is 82.1 cm³/mol. The average Bonchev–Trinajstić information content (AvgIpc) is 2.66. The fourth-order valence-corrected chi connectivity index (χ4v) is 2.71. The third kappa shape index (κ3) is 4.42. The summed E-state index contributed by atoms with van der Waals surface area (Å²) >= 11 is 3.30. The van der Waals surface area contributed by atoms with E-state index in [1.54, 1.807) is 6.07 Å². The first-order valence-corrected chi connectivity index (χ1v) is 7.50. The van der Waals surface area contributed by atoms with Crippen LogP contribution in [0.15, 0.2) is 28.7 Å². The average molecular weight is 340 g/mol. The molecule has 0 atom stereocenters. The van der Waals surface area contributed by atoms with Gasteiger partial charge in [-0.3, -0.25) is 4.68 Å². The molecule has 0 spiro atoms. The summed E-state index contributed by atoms with van der Waals surface area (Å²) in [6.07, 6.45) is 0.998. The lowest BCUT2D eigenvalue weighted by Gasteiger charge is -2.07. The first-order valence-electron chi connectivity index (χ1n) is 6.71. The fraction of sp³-hybridized carbons (Fsp3) is 0.400. The number of rotatable bonds is 6. The van der Waals surface area contributed by atoms with E-state index in [0.29, 0.717) is 6.54 Å². The van der Waals surface area contributed by atoms with Gasteiger partial charge >= 0.3 is 0 Å². The van der Waals surface area contributed by atoms with Crippen LogP contribution in [0, 0.1) is 19.7 Å². The van der Waals surface area contributed by atoms with Crippen molar-refractivity contribution in [2.75, 3.05) is 6.54 Å². The molecule has 0 bridgehead atoms. The Hall–Kier alpha value is -1.20. The van der Waals surface area contributed by atoms with Crippen LogP contribution in [0.4, 0.5) is 4.39 Å². The third-order valence-electron chi connectivity index (χ3n) is 3.08. The standard InChI is InChI=1S/C15H19BrFN3/c1-11-6-12(2)20(19-11)5-3-4-18-10-13-7-14(16)9-15(17)8-13/h6-9,18H,3-5,10H2,1-2H3. The maximum absolute atomic E-state index is 13.2. The van der Waals surface area contributed by atoms with Crippen LogP contribution in [-0.2, 0) is 13.1 Å². The van der Waals surface area contributed by atoms with Crippen LogP contribution >= 0.6 is 15.9 Å². The molecule has 0 saturated carbocycles. The van der Waals surface area contributed by atoms with Crippen molar-refractivity contribution in [3.8, 4) is 0 Å². The third-order valence-corrected chi connectivity index (χ3v) is 3.54. The van der Waals surface area contributed by atoms with Gasteiger partial charge < -0.3 is 5.32 Å². The number of hydrogen-bond donors (Lipinski definition) is 1. The van der Waals surface area contributed by atoms with E-state index in [9.17, 15) is 4.39 Å². The topological polar surface area (TPSA) is 29.9 Å². The van der Waals surface area contributed by atoms with E-state index in [-0.39, 0.29) is 5.82 Å². The second kappa shape index (κ2) is 6.99. The van der Waals surface area contributed by atoms with Crippen molar-refractivity contribution >= 4 is 15.9 Å². The maximum atomic E-state index is 13.2. The smallest absolute Gasteiger partial charge is 0.124 e. The molecule has 0 amide bonds. The van der Waals surface area contributed by atoms with Crippen LogP contribution in [0.5, 0.6) is 0 Å². The van der Waals surface area contributed by atoms with Crippen LogP contribution in [0.1, 0.15) is 23.4 Å². The van der Waals surface area contributed by atoms with Crippen molar-refractivity contribution in [2.45, 2.75) is 33.4 Å². The molecule has 3 nitrogen and oxygen atoms in total. The van der Waals surface area contributed by atoms with Crippen molar-refractivity contribution < 1.29 is 4.39 Å². The Bertz CT molecular complexity index is 560. The van der Waals surface area contributed by atoms with Crippen molar-refractivity contribution in [3.05, 3.63) is 51.5 Å². The summed E-state index contributed by atoms with van der Waals surface area (Å²) in [5.41, 5.74) is 3.19. The normalized spacial score (nSPS) is 11.0. The summed E-state index contributed by atoms with van der Waals surface area (Å²) in [5.74, 6) is -0.209. The summed E-state index contributed by atoms with van der Waals surface area (Å²) in [6.45, 7) is 6.53. The first kappa shape index (κ1) is 15.2. The number of aromatic nitrogens is 2. The largest absolute Gasteiger partial charge is 0.313 e. The SMILES string of the molecule is Cc1cc(C)n(CCCNCc2cc(F)cc(Br)c2)n1. The summed E-state index contributed by atoms with van der Waals surface area (Å²) in [5, 5.41) is 7.75. The monoisotopic (exact) mass is 339 g/mol. The Labute approximate surface area is 127 Å². The van der Waals surface area contributed by atoms with Crippen molar-refractivity contribution in [3.63, 3.8) is 0 Å². The molecule has 2 rings (SSSR count). The van der Waals surface area contributed by atoms with Gasteiger partial charge in [0.15, 0.2) is 0 Å². The van der Waals surface area contributed by atoms with Crippen LogP contribution < -0.4 is 5.32 Å². The molecule has 0 aliphatic carbocycles. The number of nitrogens with zero attached hydrogens (tertiary/aromatic N) is 2. The molecule has 0 radical (unpaired) electrons. The van der Waals surface area contributed by atoms with Gasteiger partial charge in [0.2, 0.25) is 0 Å². The summed E-state index contributed by atoms with van der Waals surface area (Å²) in [4.78, 5) is 0. The first-order chi connectivity index (χ1) is 9.54.